The summed E-state index contributed by atoms with van der Waals surface area (Å²) in [5, 5.41) is 9.84. The Balaban J connectivity index is 1.64. The molecule has 0 aliphatic carbocycles. The van der Waals surface area contributed by atoms with Crippen molar-refractivity contribution in [2.45, 2.75) is 19.1 Å². The van der Waals surface area contributed by atoms with Crippen molar-refractivity contribution in [2.24, 2.45) is 5.73 Å². The van der Waals surface area contributed by atoms with Gasteiger partial charge in [0.25, 0.3) is 0 Å². The van der Waals surface area contributed by atoms with Gasteiger partial charge in [-0.05, 0) is 25.1 Å². The maximum Gasteiger partial charge on any atom is 0.417 e. The molecule has 0 bridgehead atoms. The highest BCUT2D eigenvalue weighted by Gasteiger charge is 2.31. The molecule has 162 valence electrons. The Morgan fingerprint density at radius 2 is 1.87 bits per heavy atom. The number of nitrogens with two attached hydrogens (primary N) is 1. The summed E-state index contributed by atoms with van der Waals surface area (Å²) < 4.78 is 45.6. The fourth-order valence-electron chi connectivity index (χ4n) is 2.72. The number of hydrogen-bond donors (Lipinski definition) is 1. The van der Waals surface area contributed by atoms with E-state index in [1.165, 1.54) is 28.0 Å². The number of aromatic nitrogens is 4. The van der Waals surface area contributed by atoms with Gasteiger partial charge in [0, 0.05) is 30.1 Å². The first-order chi connectivity index (χ1) is 14.6. The topological polar surface area (TPSA) is 78.3 Å². The van der Waals surface area contributed by atoms with E-state index in [1.807, 2.05) is 0 Å². The van der Waals surface area contributed by atoms with Crippen LogP contribution in [0.15, 0.2) is 36.7 Å². The molecule has 6 nitrogen and oxygen atoms in total. The van der Waals surface area contributed by atoms with Crippen molar-refractivity contribution in [1.29, 1.82) is 0 Å². The maximum absolute atomic E-state index is 12.9. The van der Waals surface area contributed by atoms with Crippen LogP contribution in [0.5, 0.6) is 5.75 Å². The van der Waals surface area contributed by atoms with Gasteiger partial charge in [0.2, 0.25) is 0 Å². The maximum atomic E-state index is 12.9. The van der Waals surface area contributed by atoms with Gasteiger partial charge in [0.15, 0.2) is 5.01 Å². The summed E-state index contributed by atoms with van der Waals surface area (Å²) in [7, 11) is 0. The highest BCUT2D eigenvalue weighted by Crippen LogP contribution is 2.39. The van der Waals surface area contributed by atoms with Crippen LogP contribution in [0, 0.1) is 0 Å². The molecule has 0 spiro atoms. The summed E-state index contributed by atoms with van der Waals surface area (Å²) in [6.45, 7) is 2.08. The Bertz CT molecular complexity index is 1260. The molecule has 0 aliphatic heterocycles. The molecule has 0 fully saturated rings. The van der Waals surface area contributed by atoms with Crippen LogP contribution in [0.25, 0.3) is 26.9 Å². The SMILES string of the molecule is CC(N)COc1cc(Cl)c(-c2nnc(-c3cn4cc(C(F)(F)F)ccc4n3)s2)cc1Cl. The molecular formula is C19H14Cl2F3N5OS. The lowest BCUT2D eigenvalue weighted by atomic mass is 10.2. The van der Waals surface area contributed by atoms with Crippen LogP contribution >= 0.6 is 34.5 Å². The molecule has 0 amide bonds. The third-order valence-corrected chi connectivity index (χ3v) is 5.76. The van der Waals surface area contributed by atoms with Gasteiger partial charge in [0.05, 0.1) is 15.6 Å². The number of rotatable bonds is 5. The van der Waals surface area contributed by atoms with E-state index in [4.69, 9.17) is 33.7 Å². The summed E-state index contributed by atoms with van der Waals surface area (Å²) in [6.07, 6.45) is -2.00. The molecule has 0 aliphatic rings. The van der Waals surface area contributed by atoms with Gasteiger partial charge in [-0.1, -0.05) is 34.5 Å². The van der Waals surface area contributed by atoms with Gasteiger partial charge < -0.3 is 14.9 Å². The van der Waals surface area contributed by atoms with Crippen molar-refractivity contribution >= 4 is 40.2 Å². The van der Waals surface area contributed by atoms with E-state index in [-0.39, 0.29) is 12.6 Å². The molecule has 0 saturated heterocycles. The van der Waals surface area contributed by atoms with Crippen LogP contribution in [-0.4, -0.2) is 32.2 Å². The number of benzene rings is 1. The van der Waals surface area contributed by atoms with E-state index in [1.54, 1.807) is 19.1 Å². The lowest BCUT2D eigenvalue weighted by Gasteiger charge is -2.12. The third-order valence-electron chi connectivity index (χ3n) is 4.18. The zero-order valence-electron chi connectivity index (χ0n) is 15.8. The van der Waals surface area contributed by atoms with Crippen LogP contribution in [0.1, 0.15) is 12.5 Å². The molecule has 4 rings (SSSR count). The summed E-state index contributed by atoms with van der Waals surface area (Å²) in [5.41, 5.74) is 6.21. The van der Waals surface area contributed by atoms with Crippen molar-refractivity contribution in [3.05, 3.63) is 52.3 Å². The number of nitrogens with zero attached hydrogens (tertiary/aromatic N) is 4. The van der Waals surface area contributed by atoms with Crippen molar-refractivity contribution in [2.75, 3.05) is 6.61 Å². The monoisotopic (exact) mass is 487 g/mol. The molecule has 1 unspecified atom stereocenters. The first kappa shape index (κ1) is 21.8. The average Bonchev–Trinajstić information content (AvgIpc) is 3.33. The number of imidazole rings is 1. The molecule has 3 aromatic heterocycles. The van der Waals surface area contributed by atoms with Crippen LogP contribution in [-0.2, 0) is 6.18 Å². The fourth-order valence-corrected chi connectivity index (χ4v) is 4.07. The Labute approximate surface area is 188 Å². The summed E-state index contributed by atoms with van der Waals surface area (Å²) in [5.74, 6) is 0.401. The Morgan fingerprint density at radius 1 is 1.13 bits per heavy atom. The summed E-state index contributed by atoms with van der Waals surface area (Å²) >= 11 is 13.8. The highest BCUT2D eigenvalue weighted by atomic mass is 35.5. The largest absolute Gasteiger partial charge is 0.490 e. The Kier molecular flexibility index (Phi) is 5.82. The highest BCUT2D eigenvalue weighted by molar-refractivity contribution is 7.18. The van der Waals surface area contributed by atoms with Crippen LogP contribution in [0.4, 0.5) is 13.2 Å². The molecular weight excluding hydrogens is 474 g/mol. The molecule has 31 heavy (non-hydrogen) atoms. The first-order valence-corrected chi connectivity index (χ1v) is 10.5. The molecule has 2 N–H and O–H groups in total. The van der Waals surface area contributed by atoms with Crippen LogP contribution < -0.4 is 10.5 Å². The number of hydrogen-bond acceptors (Lipinski definition) is 6. The molecule has 12 heteroatoms. The van der Waals surface area contributed by atoms with Gasteiger partial charge in [0.1, 0.15) is 28.7 Å². The van der Waals surface area contributed by atoms with E-state index in [2.05, 4.69) is 15.2 Å². The quantitative estimate of drug-likeness (QED) is 0.398. The van der Waals surface area contributed by atoms with Gasteiger partial charge >= 0.3 is 6.18 Å². The number of ether oxygens (including phenoxy) is 1. The number of pyridine rings is 1. The molecule has 0 saturated carbocycles. The third kappa shape index (κ3) is 4.62. The number of fused-ring (bicyclic) bond motifs is 1. The van der Waals surface area contributed by atoms with Crippen LogP contribution in [0.3, 0.4) is 0 Å². The average molecular weight is 488 g/mol. The summed E-state index contributed by atoms with van der Waals surface area (Å²) in [6, 6.07) is 5.30. The lowest BCUT2D eigenvalue weighted by molar-refractivity contribution is -0.137. The zero-order valence-corrected chi connectivity index (χ0v) is 18.1. The van der Waals surface area contributed by atoms with Gasteiger partial charge in [-0.25, -0.2) is 4.98 Å². The van der Waals surface area contributed by atoms with Gasteiger partial charge in [-0.15, -0.1) is 10.2 Å². The van der Waals surface area contributed by atoms with Crippen molar-refractivity contribution < 1.29 is 17.9 Å². The number of halogens is 5. The minimum absolute atomic E-state index is 0.169. The minimum Gasteiger partial charge on any atom is -0.490 e. The minimum atomic E-state index is -4.44. The van der Waals surface area contributed by atoms with E-state index < -0.39 is 11.7 Å². The van der Waals surface area contributed by atoms with Crippen molar-refractivity contribution in [3.63, 3.8) is 0 Å². The van der Waals surface area contributed by atoms with Crippen molar-refractivity contribution in [1.82, 2.24) is 19.6 Å². The van der Waals surface area contributed by atoms with E-state index in [9.17, 15) is 13.2 Å². The Hall–Kier alpha value is -2.40. The van der Waals surface area contributed by atoms with E-state index >= 15 is 0 Å². The summed E-state index contributed by atoms with van der Waals surface area (Å²) in [4.78, 5) is 4.32. The van der Waals surface area contributed by atoms with E-state index in [0.717, 1.165) is 12.3 Å². The molecule has 0 radical (unpaired) electrons. The molecule has 4 aromatic rings. The fraction of sp³-hybridized carbons (Fsp3) is 0.211. The zero-order chi connectivity index (χ0) is 22.3. The predicted octanol–water partition coefficient (Wildman–Crippen LogP) is 5.57. The van der Waals surface area contributed by atoms with E-state index in [0.29, 0.717) is 42.7 Å². The second kappa shape index (κ2) is 8.27. The molecule has 3 heterocycles. The molecule has 1 aromatic carbocycles. The molecule has 1 atom stereocenters. The normalized spacial score (nSPS) is 13.0. The van der Waals surface area contributed by atoms with Gasteiger partial charge in [-0.3, -0.25) is 0 Å². The lowest BCUT2D eigenvalue weighted by Crippen LogP contribution is -2.23. The van der Waals surface area contributed by atoms with Crippen LogP contribution in [0.2, 0.25) is 10.0 Å². The second-order valence-electron chi connectivity index (χ2n) is 6.77. The Morgan fingerprint density at radius 3 is 2.58 bits per heavy atom. The first-order valence-electron chi connectivity index (χ1n) is 8.89. The number of alkyl halides is 3. The standard InChI is InChI=1S/C19H14Cl2F3N5OS/c1-9(25)8-30-15-5-12(20)11(4-13(15)21)17-27-28-18(31-17)14-7-29-6-10(19(22,23)24)2-3-16(29)26-14/h2-7,9H,8,25H2,1H3. The van der Waals surface area contributed by atoms with Gasteiger partial charge in [-0.2, -0.15) is 13.2 Å². The smallest absolute Gasteiger partial charge is 0.417 e. The predicted molar refractivity (Wildman–Crippen MR) is 114 cm³/mol. The second-order valence-corrected chi connectivity index (χ2v) is 8.56. The van der Waals surface area contributed by atoms with Crippen molar-refractivity contribution in [3.8, 4) is 27.0 Å².